The van der Waals surface area contributed by atoms with Gasteiger partial charge in [-0.15, -0.1) is 0 Å². The van der Waals surface area contributed by atoms with Gasteiger partial charge in [-0.2, -0.15) is 0 Å². The Morgan fingerprint density at radius 3 is 2.50 bits per heavy atom. The Morgan fingerprint density at radius 1 is 1.04 bits per heavy atom. The molecule has 4 fully saturated rings. The number of hydrogen-bond acceptors (Lipinski definition) is 4. The van der Waals surface area contributed by atoms with E-state index < -0.39 is 11.5 Å². The smallest absolute Gasteiger partial charge is 0.0945 e. The van der Waals surface area contributed by atoms with Crippen molar-refractivity contribution in [1.29, 1.82) is 0 Å². The molecule has 0 aromatic rings. The Morgan fingerprint density at radius 2 is 1.83 bits per heavy atom. The van der Waals surface area contributed by atoms with E-state index in [9.17, 15) is 10.2 Å². The number of fused-ring (bicyclic) bond motifs is 2. The number of aliphatic hydroxyl groups excluding tert-OH is 2. The highest BCUT2D eigenvalue weighted by Crippen LogP contribution is 2.68. The highest BCUT2D eigenvalue weighted by atomic mass is 16.6. The number of rotatable bonds is 1. The molecule has 2 N–H and O–H groups in total. The molecule has 2 saturated heterocycles. The van der Waals surface area contributed by atoms with Crippen LogP contribution in [0.15, 0.2) is 0 Å². The van der Waals surface area contributed by atoms with E-state index >= 15 is 0 Å². The van der Waals surface area contributed by atoms with E-state index in [1.807, 2.05) is 0 Å². The molecule has 7 atom stereocenters. The van der Waals surface area contributed by atoms with Gasteiger partial charge in [0.25, 0.3) is 0 Å². The summed E-state index contributed by atoms with van der Waals surface area (Å²) in [5.41, 5.74) is -0.593. The van der Waals surface area contributed by atoms with Crippen LogP contribution in [0.2, 0.25) is 0 Å². The second-order valence-corrected chi connectivity index (χ2v) is 9.64. The van der Waals surface area contributed by atoms with Gasteiger partial charge in [0.15, 0.2) is 0 Å². The Hall–Kier alpha value is -0.160. The third-order valence-electron chi connectivity index (χ3n) is 8.67. The number of aliphatic hydroxyl groups is 2. The summed E-state index contributed by atoms with van der Waals surface area (Å²) in [6, 6.07) is 0. The minimum atomic E-state index is -0.411. The summed E-state index contributed by atoms with van der Waals surface area (Å²) in [5.74, 6) is 0.837. The van der Waals surface area contributed by atoms with Gasteiger partial charge in [0.2, 0.25) is 0 Å². The van der Waals surface area contributed by atoms with E-state index in [-0.39, 0.29) is 23.2 Å². The van der Waals surface area contributed by atoms with Gasteiger partial charge >= 0.3 is 0 Å². The molecule has 0 amide bonds. The molecule has 4 heteroatoms. The summed E-state index contributed by atoms with van der Waals surface area (Å²) in [5, 5.41) is 20.8. The predicted molar refractivity (Wildman–Crippen MR) is 91.6 cm³/mol. The molecule has 4 rings (SSSR count). The third kappa shape index (κ3) is 2.00. The molecule has 2 heterocycles. The van der Waals surface area contributed by atoms with Gasteiger partial charge in [-0.25, -0.2) is 0 Å². The van der Waals surface area contributed by atoms with E-state index in [1.54, 1.807) is 0 Å². The summed E-state index contributed by atoms with van der Waals surface area (Å²) < 4.78 is 12.7. The first-order chi connectivity index (χ1) is 11.3. The normalized spacial score (nSPS) is 57.6. The van der Waals surface area contributed by atoms with Crippen LogP contribution in [0.5, 0.6) is 0 Å². The molecule has 2 aliphatic carbocycles. The molecule has 2 aliphatic heterocycles. The van der Waals surface area contributed by atoms with Crippen molar-refractivity contribution < 1.29 is 19.7 Å². The van der Waals surface area contributed by atoms with Crippen LogP contribution in [0.25, 0.3) is 0 Å². The summed E-state index contributed by atoms with van der Waals surface area (Å²) in [7, 11) is 0. The summed E-state index contributed by atoms with van der Waals surface area (Å²) in [4.78, 5) is 0. The van der Waals surface area contributed by atoms with Crippen LogP contribution in [0.1, 0.15) is 65.7 Å². The minimum Gasteiger partial charge on any atom is -0.396 e. The number of ether oxygens (including phenoxy) is 2. The molecule has 24 heavy (non-hydrogen) atoms. The quantitative estimate of drug-likeness (QED) is 0.772. The Balaban J connectivity index is 1.74. The van der Waals surface area contributed by atoms with Crippen LogP contribution in [-0.4, -0.2) is 47.3 Å². The van der Waals surface area contributed by atoms with Crippen molar-refractivity contribution in [2.24, 2.45) is 22.7 Å². The first-order valence-corrected chi connectivity index (χ1v) is 9.89. The lowest BCUT2D eigenvalue weighted by Gasteiger charge is -2.65. The Kier molecular flexibility index (Phi) is 3.90. The molecule has 0 bridgehead atoms. The van der Waals surface area contributed by atoms with Crippen LogP contribution in [-0.2, 0) is 9.47 Å². The van der Waals surface area contributed by atoms with Gasteiger partial charge in [0, 0.05) is 23.9 Å². The predicted octanol–water partition coefficient (Wildman–Crippen LogP) is 2.90. The van der Waals surface area contributed by atoms with E-state index in [1.165, 1.54) is 0 Å². The fourth-order valence-electron chi connectivity index (χ4n) is 7.00. The Labute approximate surface area is 145 Å². The average Bonchev–Trinajstić information content (AvgIpc) is 3.18. The van der Waals surface area contributed by atoms with E-state index in [4.69, 9.17) is 9.47 Å². The SMILES string of the molecule is C[C@H]1CC[C@H]2[C@](C)(CO)[C@@H](O)CC[C@]2(C)[C@@]12CC[C@]1(CCOC1)O2. The molecule has 4 nitrogen and oxygen atoms in total. The fraction of sp³-hybridized carbons (Fsp3) is 1.00. The Bertz CT molecular complexity index is 502. The molecule has 0 aromatic heterocycles. The second-order valence-electron chi connectivity index (χ2n) is 9.64. The highest BCUT2D eigenvalue weighted by Gasteiger charge is 2.69. The van der Waals surface area contributed by atoms with E-state index in [2.05, 4.69) is 20.8 Å². The molecule has 138 valence electrons. The molecular weight excluding hydrogens is 304 g/mol. The lowest BCUT2D eigenvalue weighted by Crippen LogP contribution is -2.66. The molecule has 4 aliphatic rings. The van der Waals surface area contributed by atoms with Crippen LogP contribution >= 0.6 is 0 Å². The largest absolute Gasteiger partial charge is 0.396 e. The van der Waals surface area contributed by atoms with Crippen LogP contribution in [0.3, 0.4) is 0 Å². The van der Waals surface area contributed by atoms with Gasteiger partial charge in [0.05, 0.1) is 30.5 Å². The molecule has 2 spiro atoms. The zero-order valence-corrected chi connectivity index (χ0v) is 15.5. The molecule has 2 saturated carbocycles. The lowest BCUT2D eigenvalue weighted by molar-refractivity contribution is -0.266. The summed E-state index contributed by atoms with van der Waals surface area (Å²) in [6.07, 6.45) is 6.78. The first kappa shape index (κ1) is 17.3. The molecule has 0 aromatic carbocycles. The first-order valence-electron chi connectivity index (χ1n) is 9.89. The third-order valence-corrected chi connectivity index (χ3v) is 8.67. The van der Waals surface area contributed by atoms with E-state index in [0.29, 0.717) is 11.8 Å². The van der Waals surface area contributed by atoms with Crippen LogP contribution in [0, 0.1) is 22.7 Å². The second kappa shape index (κ2) is 5.42. The standard InChI is InChI=1S/C20H34O4/c1-14-4-5-15-17(2,12-21)16(22)6-7-18(15,3)20(14)9-8-19(24-20)10-11-23-13-19/h14-16,21-22H,4-13H2,1-3H3/t14-,15-,16-,17-,18-,19+,20+/m0/s1. The minimum absolute atomic E-state index is 0.0213. The van der Waals surface area contributed by atoms with Crippen molar-refractivity contribution in [2.75, 3.05) is 19.8 Å². The lowest BCUT2D eigenvalue weighted by atomic mass is 9.43. The van der Waals surface area contributed by atoms with Gasteiger partial charge in [0.1, 0.15) is 0 Å². The molecule has 0 radical (unpaired) electrons. The van der Waals surface area contributed by atoms with Crippen molar-refractivity contribution in [3.8, 4) is 0 Å². The fourth-order valence-corrected chi connectivity index (χ4v) is 7.00. The topological polar surface area (TPSA) is 58.9 Å². The molecular formula is C20H34O4. The van der Waals surface area contributed by atoms with Crippen LogP contribution < -0.4 is 0 Å². The van der Waals surface area contributed by atoms with Crippen molar-refractivity contribution >= 4 is 0 Å². The number of hydrogen-bond donors (Lipinski definition) is 2. The van der Waals surface area contributed by atoms with Crippen molar-refractivity contribution in [2.45, 2.75) is 83.0 Å². The van der Waals surface area contributed by atoms with Crippen LogP contribution in [0.4, 0.5) is 0 Å². The maximum absolute atomic E-state index is 10.7. The van der Waals surface area contributed by atoms with Crippen molar-refractivity contribution in [3.63, 3.8) is 0 Å². The average molecular weight is 338 g/mol. The monoisotopic (exact) mass is 338 g/mol. The zero-order valence-electron chi connectivity index (χ0n) is 15.5. The van der Waals surface area contributed by atoms with Gasteiger partial charge in [-0.1, -0.05) is 20.8 Å². The highest BCUT2D eigenvalue weighted by molar-refractivity contribution is 5.17. The van der Waals surface area contributed by atoms with E-state index in [0.717, 1.165) is 58.2 Å². The zero-order chi connectivity index (χ0) is 17.2. The summed E-state index contributed by atoms with van der Waals surface area (Å²) in [6.45, 7) is 8.46. The maximum Gasteiger partial charge on any atom is 0.0945 e. The van der Waals surface area contributed by atoms with Gasteiger partial charge in [-0.05, 0) is 50.4 Å². The van der Waals surface area contributed by atoms with Gasteiger partial charge < -0.3 is 19.7 Å². The molecule has 0 unspecified atom stereocenters. The maximum atomic E-state index is 10.7. The summed E-state index contributed by atoms with van der Waals surface area (Å²) >= 11 is 0. The van der Waals surface area contributed by atoms with Crippen molar-refractivity contribution in [3.05, 3.63) is 0 Å². The van der Waals surface area contributed by atoms with Gasteiger partial charge in [-0.3, -0.25) is 0 Å². The van der Waals surface area contributed by atoms with Crippen molar-refractivity contribution in [1.82, 2.24) is 0 Å².